The minimum atomic E-state index is -0.289. The van der Waals surface area contributed by atoms with E-state index in [1.807, 2.05) is 62.5 Å². The van der Waals surface area contributed by atoms with E-state index >= 15 is 0 Å². The lowest BCUT2D eigenvalue weighted by atomic mass is 10.1. The maximum Gasteiger partial charge on any atom is 0.287 e. The summed E-state index contributed by atoms with van der Waals surface area (Å²) in [6.07, 6.45) is 1.44. The summed E-state index contributed by atoms with van der Waals surface area (Å²) in [6, 6.07) is 19.3. The second kappa shape index (κ2) is 8.65. The molecule has 0 radical (unpaired) electrons. The van der Waals surface area contributed by atoms with Crippen molar-refractivity contribution < 1.29 is 4.84 Å². The summed E-state index contributed by atoms with van der Waals surface area (Å²) in [4.78, 5) is 27.3. The molecule has 152 valence electrons. The van der Waals surface area contributed by atoms with Crippen LogP contribution in [0.4, 0.5) is 11.4 Å². The third-order valence-corrected chi connectivity index (χ3v) is 4.85. The van der Waals surface area contributed by atoms with E-state index in [9.17, 15) is 4.79 Å². The number of pyridine rings is 1. The van der Waals surface area contributed by atoms with Crippen LogP contribution in [0.1, 0.15) is 16.8 Å². The molecule has 0 amide bonds. The third-order valence-electron chi connectivity index (χ3n) is 4.85. The predicted octanol–water partition coefficient (Wildman–Crippen LogP) is 3.38. The average molecular weight is 401 g/mol. The van der Waals surface area contributed by atoms with Gasteiger partial charge in [-0.15, -0.1) is 4.73 Å². The molecule has 2 heterocycles. The third kappa shape index (κ3) is 4.10. The van der Waals surface area contributed by atoms with Crippen LogP contribution in [-0.2, 0) is 13.2 Å². The van der Waals surface area contributed by atoms with E-state index in [1.54, 1.807) is 0 Å². The second-order valence-corrected chi connectivity index (χ2v) is 6.91. The van der Waals surface area contributed by atoms with Gasteiger partial charge in [0.15, 0.2) is 5.65 Å². The van der Waals surface area contributed by atoms with Gasteiger partial charge in [-0.25, -0.2) is 9.97 Å². The van der Waals surface area contributed by atoms with E-state index in [4.69, 9.17) is 4.84 Å². The molecule has 0 aliphatic heterocycles. The van der Waals surface area contributed by atoms with Gasteiger partial charge in [-0.1, -0.05) is 42.5 Å². The standard InChI is InChI=1S/C23H23N5O2/c1-16-22-20(25-13-18-9-6-10-19(11-18)24-2)12-21(29)28(23(22)27-15-26-16)30-14-17-7-4-3-5-8-17/h3-12,15,24-25H,13-14H2,1-2H3. The lowest BCUT2D eigenvalue weighted by Crippen LogP contribution is -2.28. The molecule has 7 nitrogen and oxygen atoms in total. The maximum absolute atomic E-state index is 12.8. The quantitative estimate of drug-likeness (QED) is 0.494. The SMILES string of the molecule is CNc1cccc(CNc2cc(=O)n(OCc3ccccc3)c3ncnc(C)c23)c1. The molecule has 7 heteroatoms. The summed E-state index contributed by atoms with van der Waals surface area (Å²) in [5, 5.41) is 7.25. The van der Waals surface area contributed by atoms with Gasteiger partial charge in [0.05, 0.1) is 16.8 Å². The van der Waals surface area contributed by atoms with Gasteiger partial charge in [-0.2, -0.15) is 0 Å². The molecule has 0 aliphatic carbocycles. The predicted molar refractivity (Wildman–Crippen MR) is 119 cm³/mol. The van der Waals surface area contributed by atoms with E-state index in [2.05, 4.69) is 26.7 Å². The average Bonchev–Trinajstić information content (AvgIpc) is 2.78. The molecular weight excluding hydrogens is 378 g/mol. The summed E-state index contributed by atoms with van der Waals surface area (Å²) in [5.41, 5.74) is 4.69. The number of nitrogens with zero attached hydrogens (tertiary/aromatic N) is 3. The molecule has 0 unspecified atom stereocenters. The highest BCUT2D eigenvalue weighted by atomic mass is 16.7. The fourth-order valence-electron chi connectivity index (χ4n) is 3.30. The monoisotopic (exact) mass is 401 g/mol. The van der Waals surface area contributed by atoms with Gasteiger partial charge in [-0.05, 0) is 30.2 Å². The van der Waals surface area contributed by atoms with Crippen LogP contribution in [0.2, 0.25) is 0 Å². The Hall–Kier alpha value is -3.87. The van der Waals surface area contributed by atoms with Crippen molar-refractivity contribution in [3.63, 3.8) is 0 Å². The zero-order valence-corrected chi connectivity index (χ0v) is 16.9. The molecule has 0 saturated heterocycles. The van der Waals surface area contributed by atoms with E-state index < -0.39 is 0 Å². The molecule has 30 heavy (non-hydrogen) atoms. The molecule has 0 saturated carbocycles. The molecule has 2 aromatic carbocycles. The van der Waals surface area contributed by atoms with Crippen molar-refractivity contribution in [1.82, 2.24) is 14.7 Å². The fourth-order valence-corrected chi connectivity index (χ4v) is 3.30. The highest BCUT2D eigenvalue weighted by molar-refractivity contribution is 5.90. The maximum atomic E-state index is 12.8. The Morgan fingerprint density at radius 1 is 1.00 bits per heavy atom. The largest absolute Gasteiger partial charge is 0.404 e. The highest BCUT2D eigenvalue weighted by Gasteiger charge is 2.14. The van der Waals surface area contributed by atoms with Gasteiger partial charge < -0.3 is 15.5 Å². The molecule has 0 fully saturated rings. The number of hydrogen-bond donors (Lipinski definition) is 2. The number of rotatable bonds is 7. The smallest absolute Gasteiger partial charge is 0.287 e. The number of aryl methyl sites for hydroxylation is 1. The Morgan fingerprint density at radius 2 is 1.80 bits per heavy atom. The molecule has 4 aromatic rings. The molecule has 0 spiro atoms. The molecular formula is C23H23N5O2. The Labute approximate surface area is 174 Å². The molecule has 2 N–H and O–H groups in total. The van der Waals surface area contributed by atoms with E-state index in [1.165, 1.54) is 17.1 Å². The first-order valence-corrected chi connectivity index (χ1v) is 9.71. The first kappa shape index (κ1) is 19.4. The molecule has 0 bridgehead atoms. The van der Waals surface area contributed by atoms with Crippen LogP contribution in [0, 0.1) is 6.92 Å². The summed E-state index contributed by atoms with van der Waals surface area (Å²) < 4.78 is 1.24. The molecule has 4 rings (SSSR count). The van der Waals surface area contributed by atoms with Crippen LogP contribution in [0.15, 0.2) is 71.8 Å². The zero-order valence-electron chi connectivity index (χ0n) is 16.9. The number of aromatic nitrogens is 3. The highest BCUT2D eigenvalue weighted by Crippen LogP contribution is 2.23. The summed E-state index contributed by atoms with van der Waals surface area (Å²) in [7, 11) is 1.88. The minimum Gasteiger partial charge on any atom is -0.404 e. The van der Waals surface area contributed by atoms with Gasteiger partial charge in [0.1, 0.15) is 12.9 Å². The Morgan fingerprint density at radius 3 is 2.60 bits per heavy atom. The lowest BCUT2D eigenvalue weighted by molar-refractivity contribution is 0.0979. The van der Waals surface area contributed by atoms with Gasteiger partial charge in [0.25, 0.3) is 5.56 Å². The van der Waals surface area contributed by atoms with Gasteiger partial charge in [-0.3, -0.25) is 4.79 Å². The van der Waals surface area contributed by atoms with Crippen molar-refractivity contribution >= 4 is 22.4 Å². The summed E-state index contributed by atoms with van der Waals surface area (Å²) in [5.74, 6) is 0. The summed E-state index contributed by atoms with van der Waals surface area (Å²) >= 11 is 0. The van der Waals surface area contributed by atoms with Crippen molar-refractivity contribution in [3.8, 4) is 0 Å². The van der Waals surface area contributed by atoms with Crippen LogP contribution in [0.5, 0.6) is 0 Å². The Balaban J connectivity index is 1.66. The molecule has 0 atom stereocenters. The zero-order chi connectivity index (χ0) is 20.9. The van der Waals surface area contributed by atoms with Crippen LogP contribution < -0.4 is 21.0 Å². The normalized spacial score (nSPS) is 10.7. The first-order valence-electron chi connectivity index (χ1n) is 9.71. The Kier molecular flexibility index (Phi) is 5.61. The topological polar surface area (TPSA) is 81.1 Å². The van der Waals surface area contributed by atoms with E-state index in [0.29, 0.717) is 17.9 Å². The van der Waals surface area contributed by atoms with Crippen molar-refractivity contribution in [1.29, 1.82) is 0 Å². The van der Waals surface area contributed by atoms with Gasteiger partial charge >= 0.3 is 0 Å². The minimum absolute atomic E-state index is 0.266. The van der Waals surface area contributed by atoms with E-state index in [-0.39, 0.29) is 12.2 Å². The van der Waals surface area contributed by atoms with Crippen molar-refractivity contribution in [2.75, 3.05) is 17.7 Å². The number of hydrogen-bond acceptors (Lipinski definition) is 6. The van der Waals surface area contributed by atoms with Gasteiger partial charge in [0, 0.05) is 25.3 Å². The number of benzene rings is 2. The van der Waals surface area contributed by atoms with Crippen molar-refractivity contribution in [2.24, 2.45) is 0 Å². The van der Waals surface area contributed by atoms with Crippen molar-refractivity contribution in [2.45, 2.75) is 20.1 Å². The second-order valence-electron chi connectivity index (χ2n) is 6.91. The number of fused-ring (bicyclic) bond motifs is 1. The van der Waals surface area contributed by atoms with Crippen LogP contribution in [-0.4, -0.2) is 21.7 Å². The molecule has 0 aliphatic rings. The van der Waals surface area contributed by atoms with E-state index in [0.717, 1.165) is 27.9 Å². The lowest BCUT2D eigenvalue weighted by Gasteiger charge is -2.15. The molecule has 2 aromatic heterocycles. The number of nitrogens with one attached hydrogen (secondary N) is 2. The van der Waals surface area contributed by atoms with Crippen LogP contribution in [0.25, 0.3) is 11.0 Å². The Bertz CT molecular complexity index is 1220. The summed E-state index contributed by atoms with van der Waals surface area (Å²) in [6.45, 7) is 2.72. The first-order chi connectivity index (χ1) is 14.7. The van der Waals surface area contributed by atoms with Crippen LogP contribution >= 0.6 is 0 Å². The van der Waals surface area contributed by atoms with Gasteiger partial charge in [0.2, 0.25) is 0 Å². The number of anilines is 2. The fraction of sp³-hybridized carbons (Fsp3) is 0.174. The van der Waals surface area contributed by atoms with Crippen LogP contribution in [0.3, 0.4) is 0 Å². The van der Waals surface area contributed by atoms with Crippen molar-refractivity contribution in [3.05, 3.63) is 94.2 Å².